The Labute approximate surface area is 202 Å². The highest BCUT2D eigenvalue weighted by Crippen LogP contribution is 2.40. The molecule has 3 aromatic rings. The number of aryl methyl sites for hydroxylation is 1. The van der Waals surface area contributed by atoms with Gasteiger partial charge in [-0.1, -0.05) is 45.4 Å². The zero-order valence-electron chi connectivity index (χ0n) is 19.4. The van der Waals surface area contributed by atoms with Gasteiger partial charge in [-0.15, -0.1) is 11.8 Å². The SMILES string of the molecule is C=CC(=O)OCC(C)CSc1ccc2cc(-c3ccc(CCCCC)cc3C(F)(F)F)oc2c1. The number of furan rings is 1. The smallest absolute Gasteiger partial charge is 0.417 e. The second kappa shape index (κ2) is 11.6. The molecule has 1 unspecified atom stereocenters. The molecule has 1 heterocycles. The van der Waals surface area contributed by atoms with Gasteiger partial charge in [-0.05, 0) is 54.7 Å². The van der Waals surface area contributed by atoms with Gasteiger partial charge in [0.15, 0.2) is 0 Å². The Hall–Kier alpha value is -2.67. The maximum atomic E-state index is 13.9. The van der Waals surface area contributed by atoms with Crippen LogP contribution in [-0.4, -0.2) is 18.3 Å². The van der Waals surface area contributed by atoms with E-state index in [4.69, 9.17) is 9.15 Å². The predicted octanol–water partition coefficient (Wildman–Crippen LogP) is 8.31. The molecule has 0 fully saturated rings. The fourth-order valence-electron chi connectivity index (χ4n) is 3.58. The van der Waals surface area contributed by atoms with Crippen molar-refractivity contribution < 1.29 is 27.1 Å². The van der Waals surface area contributed by atoms with Crippen molar-refractivity contribution in [1.29, 1.82) is 0 Å². The van der Waals surface area contributed by atoms with E-state index >= 15 is 0 Å². The molecule has 0 aliphatic carbocycles. The van der Waals surface area contributed by atoms with Gasteiger partial charge in [0.2, 0.25) is 0 Å². The highest BCUT2D eigenvalue weighted by Gasteiger charge is 2.34. The van der Waals surface area contributed by atoms with Crippen molar-refractivity contribution in [2.75, 3.05) is 12.4 Å². The van der Waals surface area contributed by atoms with Gasteiger partial charge >= 0.3 is 12.1 Å². The topological polar surface area (TPSA) is 39.4 Å². The molecule has 0 amide bonds. The minimum absolute atomic E-state index is 0.0507. The lowest BCUT2D eigenvalue weighted by molar-refractivity contribution is -0.139. The van der Waals surface area contributed by atoms with Crippen molar-refractivity contribution in [3.05, 3.63) is 66.2 Å². The third-order valence-electron chi connectivity index (χ3n) is 5.43. The molecular formula is C27H29F3O3S. The molecule has 0 saturated heterocycles. The standard InChI is InChI=1S/C27H29F3O3S/c1-4-6-7-8-19-9-12-22(23(13-19)27(28,29)30)25-14-20-10-11-21(15-24(20)33-25)34-17-18(3)16-32-26(31)5-2/h5,9-15,18H,2,4,6-8,16-17H2,1,3H3. The first-order chi connectivity index (χ1) is 16.2. The van der Waals surface area contributed by atoms with E-state index < -0.39 is 17.7 Å². The lowest BCUT2D eigenvalue weighted by Crippen LogP contribution is -2.11. The average Bonchev–Trinajstić information content (AvgIpc) is 3.24. The number of thioether (sulfide) groups is 1. The monoisotopic (exact) mass is 490 g/mol. The molecule has 1 aromatic heterocycles. The molecule has 34 heavy (non-hydrogen) atoms. The van der Waals surface area contributed by atoms with Gasteiger partial charge in [0.1, 0.15) is 11.3 Å². The molecule has 7 heteroatoms. The number of hydrogen-bond donors (Lipinski definition) is 0. The maximum absolute atomic E-state index is 13.9. The van der Waals surface area contributed by atoms with Crippen LogP contribution in [0.5, 0.6) is 0 Å². The van der Waals surface area contributed by atoms with E-state index in [9.17, 15) is 18.0 Å². The van der Waals surface area contributed by atoms with Crippen LogP contribution >= 0.6 is 11.8 Å². The molecule has 3 nitrogen and oxygen atoms in total. The van der Waals surface area contributed by atoms with Crippen molar-refractivity contribution in [1.82, 2.24) is 0 Å². The molecule has 0 saturated carbocycles. The van der Waals surface area contributed by atoms with E-state index in [1.165, 1.54) is 12.1 Å². The van der Waals surface area contributed by atoms with Crippen LogP contribution in [0.2, 0.25) is 0 Å². The molecular weight excluding hydrogens is 461 g/mol. The number of halogens is 3. The predicted molar refractivity (Wildman–Crippen MR) is 131 cm³/mol. The van der Waals surface area contributed by atoms with Crippen molar-refractivity contribution in [2.24, 2.45) is 5.92 Å². The van der Waals surface area contributed by atoms with Crippen molar-refractivity contribution in [2.45, 2.75) is 50.6 Å². The van der Waals surface area contributed by atoms with Crippen LogP contribution in [0.25, 0.3) is 22.3 Å². The van der Waals surface area contributed by atoms with Crippen LogP contribution in [-0.2, 0) is 22.1 Å². The number of carbonyl (C=O) groups excluding carboxylic acids is 1. The Bertz CT molecular complexity index is 1130. The zero-order valence-corrected chi connectivity index (χ0v) is 20.2. The van der Waals surface area contributed by atoms with Gasteiger partial charge < -0.3 is 9.15 Å². The van der Waals surface area contributed by atoms with E-state index in [2.05, 4.69) is 13.5 Å². The van der Waals surface area contributed by atoms with E-state index in [0.29, 0.717) is 29.9 Å². The van der Waals surface area contributed by atoms with Crippen molar-refractivity contribution in [3.63, 3.8) is 0 Å². The quantitative estimate of drug-likeness (QED) is 0.117. The molecule has 2 aromatic carbocycles. The minimum atomic E-state index is -4.47. The summed E-state index contributed by atoms with van der Waals surface area (Å²) in [7, 11) is 0. The van der Waals surface area contributed by atoms with Gasteiger partial charge in [0, 0.05) is 27.7 Å². The van der Waals surface area contributed by atoms with Crippen LogP contribution < -0.4 is 0 Å². The van der Waals surface area contributed by atoms with Gasteiger partial charge in [0.25, 0.3) is 0 Å². The molecule has 0 radical (unpaired) electrons. The summed E-state index contributed by atoms with van der Waals surface area (Å²) >= 11 is 1.57. The van der Waals surface area contributed by atoms with Crippen molar-refractivity contribution in [3.8, 4) is 11.3 Å². The number of alkyl halides is 3. The number of unbranched alkanes of at least 4 members (excludes halogenated alkanes) is 2. The summed E-state index contributed by atoms with van der Waals surface area (Å²) in [5.74, 6) is 0.589. The Morgan fingerprint density at radius 2 is 1.97 bits per heavy atom. The Kier molecular flexibility index (Phi) is 8.89. The van der Waals surface area contributed by atoms with E-state index in [-0.39, 0.29) is 17.2 Å². The fourth-order valence-corrected chi connectivity index (χ4v) is 4.51. The third kappa shape index (κ3) is 6.92. The highest BCUT2D eigenvalue weighted by molar-refractivity contribution is 7.99. The molecule has 182 valence electrons. The summed E-state index contributed by atoms with van der Waals surface area (Å²) in [5, 5.41) is 0.743. The van der Waals surface area contributed by atoms with Gasteiger partial charge in [-0.2, -0.15) is 13.2 Å². The molecule has 0 aliphatic heterocycles. The van der Waals surface area contributed by atoms with Crippen LogP contribution in [0.3, 0.4) is 0 Å². The normalized spacial score (nSPS) is 12.6. The number of esters is 1. The first-order valence-electron chi connectivity index (χ1n) is 11.4. The highest BCUT2D eigenvalue weighted by atomic mass is 32.2. The molecule has 1 atom stereocenters. The second-order valence-corrected chi connectivity index (χ2v) is 9.49. The largest absolute Gasteiger partial charge is 0.462 e. The summed E-state index contributed by atoms with van der Waals surface area (Å²) in [6.45, 7) is 7.70. The Morgan fingerprint density at radius 3 is 2.68 bits per heavy atom. The Balaban J connectivity index is 1.79. The van der Waals surface area contributed by atoms with Crippen molar-refractivity contribution >= 4 is 28.7 Å². The fraction of sp³-hybridized carbons (Fsp3) is 0.370. The lowest BCUT2D eigenvalue weighted by atomic mass is 9.98. The summed E-state index contributed by atoms with van der Waals surface area (Å²) in [6.07, 6.45) is 0.168. The first-order valence-corrected chi connectivity index (χ1v) is 12.4. The molecule has 3 rings (SSSR count). The van der Waals surface area contributed by atoms with E-state index in [0.717, 1.165) is 35.6 Å². The van der Waals surface area contributed by atoms with Crippen LogP contribution in [0.1, 0.15) is 44.2 Å². The lowest BCUT2D eigenvalue weighted by Gasteiger charge is -2.13. The number of hydrogen-bond acceptors (Lipinski definition) is 4. The second-order valence-electron chi connectivity index (χ2n) is 8.40. The first kappa shape index (κ1) is 25.9. The summed E-state index contributed by atoms with van der Waals surface area (Å²) in [6, 6.07) is 11.8. The average molecular weight is 491 g/mol. The zero-order chi connectivity index (χ0) is 24.7. The molecule has 0 bridgehead atoms. The number of rotatable bonds is 11. The summed E-state index contributed by atoms with van der Waals surface area (Å²) < 4.78 is 52.5. The van der Waals surface area contributed by atoms with Gasteiger partial charge in [-0.25, -0.2) is 4.79 Å². The minimum Gasteiger partial charge on any atom is -0.462 e. The van der Waals surface area contributed by atoms with Crippen LogP contribution in [0.4, 0.5) is 13.2 Å². The maximum Gasteiger partial charge on any atom is 0.417 e. The number of ether oxygens (including phenoxy) is 1. The number of benzene rings is 2. The molecule has 0 spiro atoms. The van der Waals surface area contributed by atoms with Crippen LogP contribution in [0, 0.1) is 5.92 Å². The van der Waals surface area contributed by atoms with Gasteiger partial charge in [-0.3, -0.25) is 0 Å². The summed E-state index contributed by atoms with van der Waals surface area (Å²) in [5.41, 5.74) is 0.603. The van der Waals surface area contributed by atoms with Gasteiger partial charge in [0.05, 0.1) is 12.2 Å². The third-order valence-corrected chi connectivity index (χ3v) is 6.75. The van der Waals surface area contributed by atoms with Crippen LogP contribution in [0.15, 0.2) is 64.4 Å². The molecule has 0 N–H and O–H groups in total. The van der Waals surface area contributed by atoms with E-state index in [1.54, 1.807) is 23.9 Å². The Morgan fingerprint density at radius 1 is 1.18 bits per heavy atom. The molecule has 0 aliphatic rings. The number of carbonyl (C=O) groups is 1. The van der Waals surface area contributed by atoms with E-state index in [1.807, 2.05) is 25.1 Å². The summed E-state index contributed by atoms with van der Waals surface area (Å²) in [4.78, 5) is 12.1. The number of fused-ring (bicyclic) bond motifs is 1.